The van der Waals surface area contributed by atoms with Gasteiger partial charge in [-0.2, -0.15) is 0 Å². The van der Waals surface area contributed by atoms with Crippen LogP contribution in [0.2, 0.25) is 0 Å². The highest BCUT2D eigenvalue weighted by atomic mass is 15.0. The fourth-order valence-electron chi connectivity index (χ4n) is 9.05. The highest BCUT2D eigenvalue weighted by Crippen LogP contribution is 2.40. The Bertz CT molecular complexity index is 3580. The van der Waals surface area contributed by atoms with Crippen LogP contribution in [0, 0.1) is 0 Å². The van der Waals surface area contributed by atoms with Crippen LogP contribution in [0.3, 0.4) is 0 Å². The minimum Gasteiger partial charge on any atom is -0.309 e. The Morgan fingerprint density at radius 2 is 0.836 bits per heavy atom. The highest BCUT2D eigenvalue weighted by Gasteiger charge is 2.18. The van der Waals surface area contributed by atoms with Gasteiger partial charge in [0.25, 0.3) is 0 Å². The van der Waals surface area contributed by atoms with Crippen molar-refractivity contribution in [1.29, 1.82) is 0 Å². The van der Waals surface area contributed by atoms with Crippen molar-refractivity contribution in [3.8, 4) is 62.1 Å². The molecule has 12 rings (SSSR count). The van der Waals surface area contributed by atoms with Gasteiger partial charge in [-0.3, -0.25) is 0 Å². The molecule has 0 N–H and O–H groups in total. The van der Waals surface area contributed by atoms with Gasteiger partial charge in [-0.15, -0.1) is 0 Å². The molecule has 0 unspecified atom stereocenters. The van der Waals surface area contributed by atoms with E-state index in [4.69, 9.17) is 15.0 Å². The van der Waals surface area contributed by atoms with Gasteiger partial charge in [-0.1, -0.05) is 176 Å². The van der Waals surface area contributed by atoms with Crippen molar-refractivity contribution in [3.63, 3.8) is 0 Å². The molecule has 0 saturated heterocycles. The quantitative estimate of drug-likeness (QED) is 0.169. The van der Waals surface area contributed by atoms with Crippen molar-refractivity contribution in [1.82, 2.24) is 19.5 Å². The van der Waals surface area contributed by atoms with Crippen molar-refractivity contribution in [2.24, 2.45) is 0 Å². The first-order valence-electron chi connectivity index (χ1n) is 20.7. The van der Waals surface area contributed by atoms with E-state index in [1.165, 1.54) is 65.3 Å². The summed E-state index contributed by atoms with van der Waals surface area (Å²) < 4.78 is 2.37. The molecule has 2 heterocycles. The fraction of sp³-hybridized carbons (Fsp3) is 0. The van der Waals surface area contributed by atoms with E-state index >= 15 is 0 Å². The van der Waals surface area contributed by atoms with Crippen LogP contribution in [0.4, 0.5) is 0 Å². The number of nitrogens with zero attached hydrogens (tertiary/aromatic N) is 4. The molecule has 0 fully saturated rings. The molecule has 0 bridgehead atoms. The van der Waals surface area contributed by atoms with Crippen LogP contribution >= 0.6 is 0 Å². The Morgan fingerprint density at radius 3 is 1.61 bits per heavy atom. The van der Waals surface area contributed by atoms with E-state index in [1.54, 1.807) is 0 Å². The first kappa shape index (κ1) is 34.8. The van der Waals surface area contributed by atoms with Crippen LogP contribution in [0.25, 0.3) is 116 Å². The Kier molecular flexibility index (Phi) is 8.13. The second-order valence-corrected chi connectivity index (χ2v) is 15.6. The lowest BCUT2D eigenvalue weighted by Gasteiger charge is -2.12. The molecule has 0 aliphatic carbocycles. The van der Waals surface area contributed by atoms with Gasteiger partial charge >= 0.3 is 0 Å². The lowest BCUT2D eigenvalue weighted by atomic mass is 9.94. The summed E-state index contributed by atoms with van der Waals surface area (Å²) in [6.07, 6.45) is 0. The van der Waals surface area contributed by atoms with Crippen LogP contribution in [-0.2, 0) is 0 Å². The Morgan fingerprint density at radius 1 is 0.279 bits per heavy atom. The Hall–Kier alpha value is -8.21. The van der Waals surface area contributed by atoms with Crippen LogP contribution in [0.15, 0.2) is 218 Å². The Labute approximate surface area is 352 Å². The molecule has 0 atom stereocenters. The van der Waals surface area contributed by atoms with Crippen LogP contribution in [0.5, 0.6) is 0 Å². The largest absolute Gasteiger partial charge is 0.309 e. The maximum Gasteiger partial charge on any atom is 0.164 e. The summed E-state index contributed by atoms with van der Waals surface area (Å²) >= 11 is 0. The van der Waals surface area contributed by atoms with E-state index in [0.29, 0.717) is 17.5 Å². The molecule has 10 aromatic carbocycles. The lowest BCUT2D eigenvalue weighted by Crippen LogP contribution is -2.01. The van der Waals surface area contributed by atoms with Gasteiger partial charge in [0.15, 0.2) is 17.5 Å². The van der Waals surface area contributed by atoms with Gasteiger partial charge in [0, 0.05) is 33.2 Å². The van der Waals surface area contributed by atoms with E-state index in [1.807, 2.05) is 60.7 Å². The van der Waals surface area contributed by atoms with Gasteiger partial charge < -0.3 is 4.57 Å². The lowest BCUT2D eigenvalue weighted by molar-refractivity contribution is 1.07. The zero-order valence-corrected chi connectivity index (χ0v) is 33.1. The first-order chi connectivity index (χ1) is 30.2. The molecule has 4 nitrogen and oxygen atoms in total. The van der Waals surface area contributed by atoms with Crippen molar-refractivity contribution >= 4 is 54.1 Å². The van der Waals surface area contributed by atoms with E-state index in [-0.39, 0.29) is 0 Å². The maximum atomic E-state index is 5.03. The first-order valence-corrected chi connectivity index (χ1v) is 20.7. The fourth-order valence-corrected chi connectivity index (χ4v) is 9.05. The van der Waals surface area contributed by atoms with Crippen LogP contribution in [-0.4, -0.2) is 19.5 Å². The molecular weight excluding hydrogens is 741 g/mol. The molecule has 284 valence electrons. The van der Waals surface area contributed by atoms with Crippen molar-refractivity contribution in [2.45, 2.75) is 0 Å². The molecule has 61 heavy (non-hydrogen) atoms. The van der Waals surface area contributed by atoms with E-state index in [2.05, 4.69) is 162 Å². The third kappa shape index (κ3) is 6.04. The molecule has 0 spiro atoms. The summed E-state index contributed by atoms with van der Waals surface area (Å²) in [5.41, 5.74) is 11.0. The highest BCUT2D eigenvalue weighted by molar-refractivity contribution is 6.21. The maximum absolute atomic E-state index is 5.03. The summed E-state index contributed by atoms with van der Waals surface area (Å²) in [6, 6.07) is 77.8. The summed E-state index contributed by atoms with van der Waals surface area (Å²) in [4.78, 5) is 15.0. The average Bonchev–Trinajstić information content (AvgIpc) is 3.68. The van der Waals surface area contributed by atoms with Gasteiger partial charge in [-0.25, -0.2) is 15.0 Å². The third-order valence-electron chi connectivity index (χ3n) is 12.0. The minimum absolute atomic E-state index is 0.631. The second kappa shape index (κ2) is 14.3. The number of hydrogen-bond acceptors (Lipinski definition) is 3. The van der Waals surface area contributed by atoms with Crippen molar-refractivity contribution < 1.29 is 0 Å². The zero-order valence-electron chi connectivity index (χ0n) is 33.1. The standard InChI is InChI=1S/C57H36N4/c1-3-14-39(15-4-1)55-58-56(40-16-5-2-6-17-40)60-57(59-55)45-19-11-20-47(36-45)61-52-24-10-9-22-51(52)54-50-31-29-42(33-44(50)30-32-53(54)61)41-27-25-37-26-28-43(35-46(37)34-41)49-23-12-18-38-13-7-8-21-48(38)49/h1-36H. The third-order valence-corrected chi connectivity index (χ3v) is 12.0. The molecule has 0 radical (unpaired) electrons. The molecule has 0 amide bonds. The normalized spacial score (nSPS) is 11.6. The SMILES string of the molecule is c1ccc(-c2nc(-c3ccccc3)nc(-c3cccc(-n4c5ccccc5c5c6ccc(-c7ccc8ccc(-c9cccc%10ccccc9%10)cc8c7)cc6ccc54)c3)n2)cc1. The monoisotopic (exact) mass is 776 g/mol. The molecule has 0 saturated carbocycles. The molecule has 0 aliphatic rings. The summed E-state index contributed by atoms with van der Waals surface area (Å²) in [6.45, 7) is 0. The predicted molar refractivity (Wildman–Crippen MR) is 254 cm³/mol. The second-order valence-electron chi connectivity index (χ2n) is 15.6. The number of benzene rings is 10. The summed E-state index contributed by atoms with van der Waals surface area (Å²) in [7, 11) is 0. The van der Waals surface area contributed by atoms with Gasteiger partial charge in [0.1, 0.15) is 0 Å². The number of hydrogen-bond donors (Lipinski definition) is 0. The Balaban J connectivity index is 0.960. The predicted octanol–water partition coefficient (Wildman–Crippen LogP) is 14.8. The summed E-state index contributed by atoms with van der Waals surface area (Å²) in [5, 5.41) is 9.87. The summed E-state index contributed by atoms with van der Waals surface area (Å²) in [5.74, 6) is 1.92. The molecule has 2 aromatic heterocycles. The van der Waals surface area contributed by atoms with Gasteiger partial charge in [0.2, 0.25) is 0 Å². The van der Waals surface area contributed by atoms with Crippen molar-refractivity contribution in [3.05, 3.63) is 218 Å². The smallest absolute Gasteiger partial charge is 0.164 e. The number of para-hydroxylation sites is 1. The topological polar surface area (TPSA) is 43.6 Å². The van der Waals surface area contributed by atoms with E-state index in [0.717, 1.165) is 33.4 Å². The van der Waals surface area contributed by atoms with E-state index < -0.39 is 0 Å². The molecule has 12 aromatic rings. The number of rotatable bonds is 6. The molecule has 4 heteroatoms. The molecule has 0 aliphatic heterocycles. The molecular formula is C57H36N4. The van der Waals surface area contributed by atoms with Gasteiger partial charge in [-0.05, 0) is 97.0 Å². The van der Waals surface area contributed by atoms with Crippen molar-refractivity contribution in [2.75, 3.05) is 0 Å². The zero-order chi connectivity index (χ0) is 40.3. The minimum atomic E-state index is 0.631. The average molecular weight is 777 g/mol. The van der Waals surface area contributed by atoms with Crippen LogP contribution in [0.1, 0.15) is 0 Å². The number of fused-ring (bicyclic) bond motifs is 7. The van der Waals surface area contributed by atoms with Crippen LogP contribution < -0.4 is 0 Å². The number of aromatic nitrogens is 4. The van der Waals surface area contributed by atoms with E-state index in [9.17, 15) is 0 Å². The van der Waals surface area contributed by atoms with Gasteiger partial charge in [0.05, 0.1) is 11.0 Å².